The molecule has 1 saturated heterocycles. The molecule has 1 aliphatic heterocycles. The number of nitrogens with zero attached hydrogens (tertiary/aromatic N) is 1. The molecule has 1 atom stereocenters. The molecule has 1 unspecified atom stereocenters. The summed E-state index contributed by atoms with van der Waals surface area (Å²) in [5.41, 5.74) is 1.38. The van der Waals surface area contributed by atoms with E-state index in [2.05, 4.69) is 45.3 Å². The van der Waals surface area contributed by atoms with Gasteiger partial charge >= 0.3 is 0 Å². The highest BCUT2D eigenvalue weighted by Crippen LogP contribution is 2.31. The SMILES string of the molecule is CCNCC1(Cc2ccc(Br)cn2)CCOC1. The minimum absolute atomic E-state index is 0.233. The molecular formula is C13H19BrN2O. The lowest BCUT2D eigenvalue weighted by Crippen LogP contribution is -2.36. The molecule has 2 heterocycles. The Bertz CT molecular complexity index is 347. The Hall–Kier alpha value is -0.450. The monoisotopic (exact) mass is 298 g/mol. The molecular weight excluding hydrogens is 280 g/mol. The zero-order chi connectivity index (χ0) is 12.1. The van der Waals surface area contributed by atoms with Gasteiger partial charge < -0.3 is 10.1 Å². The van der Waals surface area contributed by atoms with Crippen LogP contribution >= 0.6 is 15.9 Å². The Labute approximate surface area is 111 Å². The Kier molecular flexibility index (Phi) is 4.54. The van der Waals surface area contributed by atoms with Crippen LogP contribution in [0.1, 0.15) is 19.0 Å². The topological polar surface area (TPSA) is 34.2 Å². The molecule has 1 aliphatic rings. The highest BCUT2D eigenvalue weighted by Gasteiger charge is 2.34. The normalized spacial score (nSPS) is 24.1. The summed E-state index contributed by atoms with van der Waals surface area (Å²) in [5, 5.41) is 3.45. The van der Waals surface area contributed by atoms with Gasteiger partial charge in [-0.2, -0.15) is 0 Å². The Morgan fingerprint density at radius 2 is 2.41 bits per heavy atom. The van der Waals surface area contributed by atoms with Gasteiger partial charge in [0, 0.05) is 34.9 Å². The molecule has 3 nitrogen and oxygen atoms in total. The number of hydrogen-bond donors (Lipinski definition) is 1. The summed E-state index contributed by atoms with van der Waals surface area (Å²) < 4.78 is 6.61. The molecule has 0 aliphatic carbocycles. The van der Waals surface area contributed by atoms with E-state index in [0.717, 1.165) is 49.3 Å². The number of pyridine rings is 1. The van der Waals surface area contributed by atoms with Crippen molar-refractivity contribution in [1.82, 2.24) is 10.3 Å². The second kappa shape index (κ2) is 5.94. The van der Waals surface area contributed by atoms with Gasteiger partial charge in [-0.25, -0.2) is 0 Å². The second-order valence-electron chi connectivity index (χ2n) is 4.73. The van der Waals surface area contributed by atoms with E-state index in [1.807, 2.05) is 6.20 Å². The standard InChI is InChI=1S/C13H19BrN2O/c1-2-15-9-13(5-6-17-10-13)7-12-4-3-11(14)8-16-12/h3-4,8,15H,2,5-7,9-10H2,1H3. The molecule has 0 spiro atoms. The van der Waals surface area contributed by atoms with Crippen molar-refractivity contribution >= 4 is 15.9 Å². The van der Waals surface area contributed by atoms with Crippen LogP contribution < -0.4 is 5.32 Å². The van der Waals surface area contributed by atoms with Crippen LogP contribution in [0.5, 0.6) is 0 Å². The summed E-state index contributed by atoms with van der Waals surface area (Å²) >= 11 is 3.41. The molecule has 2 rings (SSSR count). The van der Waals surface area contributed by atoms with Crippen molar-refractivity contribution in [1.29, 1.82) is 0 Å². The lowest BCUT2D eigenvalue weighted by molar-refractivity contribution is 0.149. The molecule has 4 heteroatoms. The molecule has 1 fully saturated rings. The average Bonchev–Trinajstić information content (AvgIpc) is 2.79. The molecule has 0 amide bonds. The first-order valence-electron chi connectivity index (χ1n) is 6.13. The minimum Gasteiger partial charge on any atom is -0.381 e. The third-order valence-corrected chi connectivity index (χ3v) is 3.75. The van der Waals surface area contributed by atoms with Gasteiger partial charge in [0.25, 0.3) is 0 Å². The zero-order valence-electron chi connectivity index (χ0n) is 10.2. The Morgan fingerprint density at radius 1 is 1.53 bits per heavy atom. The van der Waals surface area contributed by atoms with Crippen LogP contribution in [0.15, 0.2) is 22.8 Å². The summed E-state index contributed by atoms with van der Waals surface area (Å²) in [7, 11) is 0. The van der Waals surface area contributed by atoms with E-state index in [4.69, 9.17) is 4.74 Å². The van der Waals surface area contributed by atoms with Crippen molar-refractivity contribution < 1.29 is 4.74 Å². The van der Waals surface area contributed by atoms with Crippen LogP contribution in [0.25, 0.3) is 0 Å². The maximum Gasteiger partial charge on any atom is 0.0539 e. The quantitative estimate of drug-likeness (QED) is 0.906. The molecule has 1 aromatic rings. The minimum atomic E-state index is 0.233. The number of ether oxygens (including phenoxy) is 1. The van der Waals surface area contributed by atoms with Crippen molar-refractivity contribution in [2.24, 2.45) is 5.41 Å². The molecule has 0 bridgehead atoms. The van der Waals surface area contributed by atoms with Crippen LogP contribution in [0.2, 0.25) is 0 Å². The van der Waals surface area contributed by atoms with Gasteiger partial charge in [-0.05, 0) is 47.4 Å². The van der Waals surface area contributed by atoms with Crippen molar-refractivity contribution in [3.05, 3.63) is 28.5 Å². The fraction of sp³-hybridized carbons (Fsp3) is 0.615. The highest BCUT2D eigenvalue weighted by molar-refractivity contribution is 9.10. The zero-order valence-corrected chi connectivity index (χ0v) is 11.8. The summed E-state index contributed by atoms with van der Waals surface area (Å²) in [6.45, 7) is 5.89. The van der Waals surface area contributed by atoms with Gasteiger partial charge in [0.05, 0.1) is 6.61 Å². The van der Waals surface area contributed by atoms with Crippen molar-refractivity contribution in [2.45, 2.75) is 19.8 Å². The molecule has 0 radical (unpaired) electrons. The van der Waals surface area contributed by atoms with E-state index < -0.39 is 0 Å². The van der Waals surface area contributed by atoms with Gasteiger partial charge in [0.15, 0.2) is 0 Å². The fourth-order valence-corrected chi connectivity index (χ4v) is 2.51. The van der Waals surface area contributed by atoms with Crippen molar-refractivity contribution in [2.75, 3.05) is 26.3 Å². The molecule has 94 valence electrons. The molecule has 0 saturated carbocycles. The summed E-state index contributed by atoms with van der Waals surface area (Å²) in [4.78, 5) is 4.46. The van der Waals surface area contributed by atoms with E-state index >= 15 is 0 Å². The average molecular weight is 299 g/mol. The lowest BCUT2D eigenvalue weighted by atomic mass is 9.82. The number of halogens is 1. The molecule has 0 aromatic carbocycles. The van der Waals surface area contributed by atoms with Crippen molar-refractivity contribution in [3.8, 4) is 0 Å². The largest absolute Gasteiger partial charge is 0.381 e. The maximum atomic E-state index is 5.58. The van der Waals surface area contributed by atoms with Gasteiger partial charge in [-0.15, -0.1) is 0 Å². The number of nitrogens with one attached hydrogen (secondary N) is 1. The van der Waals surface area contributed by atoms with E-state index in [-0.39, 0.29) is 5.41 Å². The fourth-order valence-electron chi connectivity index (χ4n) is 2.28. The van der Waals surface area contributed by atoms with Crippen LogP contribution in [0.4, 0.5) is 0 Å². The molecule has 1 N–H and O–H groups in total. The van der Waals surface area contributed by atoms with E-state index in [1.165, 1.54) is 0 Å². The number of aromatic nitrogens is 1. The van der Waals surface area contributed by atoms with Gasteiger partial charge in [0.1, 0.15) is 0 Å². The number of rotatable bonds is 5. The third-order valence-electron chi connectivity index (χ3n) is 3.28. The van der Waals surface area contributed by atoms with Crippen LogP contribution in [-0.2, 0) is 11.2 Å². The first-order valence-corrected chi connectivity index (χ1v) is 6.92. The van der Waals surface area contributed by atoms with Crippen LogP contribution in [0.3, 0.4) is 0 Å². The van der Waals surface area contributed by atoms with Crippen molar-refractivity contribution in [3.63, 3.8) is 0 Å². The highest BCUT2D eigenvalue weighted by atomic mass is 79.9. The summed E-state index contributed by atoms with van der Waals surface area (Å²) in [5.74, 6) is 0. The molecule has 17 heavy (non-hydrogen) atoms. The smallest absolute Gasteiger partial charge is 0.0539 e. The van der Waals surface area contributed by atoms with Gasteiger partial charge in [-0.3, -0.25) is 4.98 Å². The van der Waals surface area contributed by atoms with E-state index in [9.17, 15) is 0 Å². The van der Waals surface area contributed by atoms with Gasteiger partial charge in [0.2, 0.25) is 0 Å². The maximum absolute atomic E-state index is 5.58. The molecule has 1 aromatic heterocycles. The lowest BCUT2D eigenvalue weighted by Gasteiger charge is -2.27. The Morgan fingerprint density at radius 3 is 3.00 bits per heavy atom. The van der Waals surface area contributed by atoms with E-state index in [1.54, 1.807) is 0 Å². The Balaban J connectivity index is 2.04. The summed E-state index contributed by atoms with van der Waals surface area (Å²) in [6.07, 6.45) is 3.98. The predicted molar refractivity (Wildman–Crippen MR) is 72.1 cm³/mol. The predicted octanol–water partition coefficient (Wildman–Crippen LogP) is 2.40. The van der Waals surface area contributed by atoms with Gasteiger partial charge in [-0.1, -0.05) is 6.92 Å². The van der Waals surface area contributed by atoms with Crippen LogP contribution in [0, 0.1) is 5.41 Å². The number of hydrogen-bond acceptors (Lipinski definition) is 3. The first-order chi connectivity index (χ1) is 8.24. The van der Waals surface area contributed by atoms with Crippen LogP contribution in [-0.4, -0.2) is 31.3 Å². The first kappa shape index (κ1) is 13.0. The second-order valence-corrected chi connectivity index (χ2v) is 5.64. The summed E-state index contributed by atoms with van der Waals surface area (Å²) in [6, 6.07) is 4.15. The third kappa shape index (κ3) is 3.50. The van der Waals surface area contributed by atoms with E-state index in [0.29, 0.717) is 0 Å².